The second kappa shape index (κ2) is 5.19. The van der Waals surface area contributed by atoms with E-state index in [0.717, 1.165) is 25.1 Å². The molecule has 0 spiro atoms. The normalized spacial score (nSPS) is 17.4. The topological polar surface area (TPSA) is 71.1 Å². The van der Waals surface area contributed by atoms with Crippen molar-refractivity contribution in [3.8, 4) is 0 Å². The molecule has 1 atom stereocenters. The molecule has 0 amide bonds. The second-order valence-corrected chi connectivity index (χ2v) is 6.63. The standard InChI is InChI=1S/C11H16FN3O2S/c1-8(5-14-10-2-3-10)18(16,17)15-11-4-9(12)6-13-7-11/h4,6-8,10,14-15H,2-3,5H2,1H3. The minimum atomic E-state index is -3.52. The van der Waals surface area contributed by atoms with E-state index >= 15 is 0 Å². The third kappa shape index (κ3) is 3.64. The van der Waals surface area contributed by atoms with Crippen LogP contribution in [0.1, 0.15) is 19.8 Å². The highest BCUT2D eigenvalue weighted by Crippen LogP contribution is 2.19. The van der Waals surface area contributed by atoms with Gasteiger partial charge in [-0.05, 0) is 19.8 Å². The first-order valence-electron chi connectivity index (χ1n) is 5.83. The lowest BCUT2D eigenvalue weighted by molar-refractivity contribution is 0.576. The van der Waals surface area contributed by atoms with Gasteiger partial charge in [0.2, 0.25) is 10.0 Å². The molecule has 1 aliphatic carbocycles. The molecule has 0 saturated heterocycles. The first-order chi connectivity index (χ1) is 8.47. The van der Waals surface area contributed by atoms with Crippen molar-refractivity contribution in [2.45, 2.75) is 31.1 Å². The summed E-state index contributed by atoms with van der Waals surface area (Å²) in [5.41, 5.74) is 0.147. The number of hydrogen-bond donors (Lipinski definition) is 2. The number of nitrogens with one attached hydrogen (secondary N) is 2. The maximum absolute atomic E-state index is 12.9. The zero-order valence-corrected chi connectivity index (χ0v) is 10.9. The third-order valence-corrected chi connectivity index (χ3v) is 4.51. The number of aromatic nitrogens is 1. The molecular formula is C11H16FN3O2S. The Bertz CT molecular complexity index is 517. The van der Waals surface area contributed by atoms with Crippen molar-refractivity contribution in [2.75, 3.05) is 11.3 Å². The molecular weight excluding hydrogens is 257 g/mol. The fourth-order valence-corrected chi connectivity index (χ4v) is 2.42. The van der Waals surface area contributed by atoms with Crippen LogP contribution in [0.15, 0.2) is 18.5 Å². The Labute approximate surface area is 106 Å². The lowest BCUT2D eigenvalue weighted by atomic mass is 10.4. The summed E-state index contributed by atoms with van der Waals surface area (Å²) >= 11 is 0. The van der Waals surface area contributed by atoms with E-state index in [1.54, 1.807) is 6.92 Å². The Hall–Kier alpha value is -1.21. The van der Waals surface area contributed by atoms with Gasteiger partial charge in [0.15, 0.2) is 0 Å². The van der Waals surface area contributed by atoms with E-state index in [1.165, 1.54) is 6.20 Å². The third-order valence-electron chi connectivity index (χ3n) is 2.77. The van der Waals surface area contributed by atoms with Crippen LogP contribution in [0.2, 0.25) is 0 Å². The number of pyridine rings is 1. The van der Waals surface area contributed by atoms with E-state index in [-0.39, 0.29) is 5.69 Å². The van der Waals surface area contributed by atoms with Gasteiger partial charge < -0.3 is 5.32 Å². The Kier molecular flexibility index (Phi) is 3.82. The van der Waals surface area contributed by atoms with Crippen LogP contribution in [0.3, 0.4) is 0 Å². The molecule has 1 aliphatic rings. The van der Waals surface area contributed by atoms with E-state index < -0.39 is 21.1 Å². The molecule has 1 fully saturated rings. The molecule has 1 aromatic heterocycles. The molecule has 1 aromatic rings. The van der Waals surface area contributed by atoms with Crippen LogP contribution in [0.5, 0.6) is 0 Å². The summed E-state index contributed by atoms with van der Waals surface area (Å²) in [6.45, 7) is 2.01. The SMILES string of the molecule is CC(CNC1CC1)S(=O)(=O)Nc1cncc(F)c1. The van der Waals surface area contributed by atoms with Crippen LogP contribution in [0.25, 0.3) is 0 Å². The summed E-state index contributed by atoms with van der Waals surface area (Å²) in [4.78, 5) is 3.59. The molecule has 0 aliphatic heterocycles. The van der Waals surface area contributed by atoms with Crippen molar-refractivity contribution in [3.05, 3.63) is 24.3 Å². The van der Waals surface area contributed by atoms with Crippen LogP contribution in [0.4, 0.5) is 10.1 Å². The summed E-state index contributed by atoms with van der Waals surface area (Å²) in [6, 6.07) is 1.56. The number of rotatable bonds is 6. The number of nitrogens with zero attached hydrogens (tertiary/aromatic N) is 1. The molecule has 0 bridgehead atoms. The highest BCUT2D eigenvalue weighted by atomic mass is 32.2. The van der Waals surface area contributed by atoms with Crippen LogP contribution in [-0.2, 0) is 10.0 Å². The van der Waals surface area contributed by atoms with Crippen molar-refractivity contribution < 1.29 is 12.8 Å². The Morgan fingerprint density at radius 2 is 2.22 bits per heavy atom. The lowest BCUT2D eigenvalue weighted by Crippen LogP contribution is -2.35. The quantitative estimate of drug-likeness (QED) is 0.814. The Morgan fingerprint density at radius 3 is 2.83 bits per heavy atom. The van der Waals surface area contributed by atoms with Crippen molar-refractivity contribution >= 4 is 15.7 Å². The molecule has 1 unspecified atom stereocenters. The van der Waals surface area contributed by atoms with Crippen molar-refractivity contribution in [3.63, 3.8) is 0 Å². The van der Waals surface area contributed by atoms with Gasteiger partial charge in [-0.15, -0.1) is 0 Å². The van der Waals surface area contributed by atoms with Gasteiger partial charge in [-0.1, -0.05) is 0 Å². The van der Waals surface area contributed by atoms with E-state index in [4.69, 9.17) is 0 Å². The van der Waals surface area contributed by atoms with Crippen molar-refractivity contribution in [1.82, 2.24) is 10.3 Å². The lowest BCUT2D eigenvalue weighted by Gasteiger charge is -2.15. The fraction of sp³-hybridized carbons (Fsp3) is 0.545. The monoisotopic (exact) mass is 273 g/mol. The predicted molar refractivity (Wildman–Crippen MR) is 67.2 cm³/mol. The molecule has 1 saturated carbocycles. The molecule has 2 rings (SSSR count). The average Bonchev–Trinajstić information content (AvgIpc) is 3.08. The number of halogens is 1. The highest BCUT2D eigenvalue weighted by molar-refractivity contribution is 7.93. The summed E-state index contributed by atoms with van der Waals surface area (Å²) < 4.78 is 39.1. The summed E-state index contributed by atoms with van der Waals surface area (Å²) in [6.07, 6.45) is 4.51. The number of hydrogen-bond acceptors (Lipinski definition) is 4. The molecule has 1 heterocycles. The summed E-state index contributed by atoms with van der Waals surface area (Å²) in [5.74, 6) is -0.570. The van der Waals surface area contributed by atoms with Gasteiger partial charge in [0, 0.05) is 18.7 Å². The molecule has 0 radical (unpaired) electrons. The van der Waals surface area contributed by atoms with E-state index in [1.807, 2.05) is 0 Å². The van der Waals surface area contributed by atoms with Gasteiger partial charge in [-0.2, -0.15) is 0 Å². The molecule has 5 nitrogen and oxygen atoms in total. The molecule has 100 valence electrons. The maximum atomic E-state index is 12.9. The van der Waals surface area contributed by atoms with Crippen molar-refractivity contribution in [1.29, 1.82) is 0 Å². The largest absolute Gasteiger partial charge is 0.313 e. The smallest absolute Gasteiger partial charge is 0.236 e. The Morgan fingerprint density at radius 1 is 1.50 bits per heavy atom. The minimum absolute atomic E-state index is 0.147. The molecule has 2 N–H and O–H groups in total. The predicted octanol–water partition coefficient (Wildman–Crippen LogP) is 1.10. The number of anilines is 1. The van der Waals surface area contributed by atoms with E-state index in [0.29, 0.717) is 12.6 Å². The average molecular weight is 273 g/mol. The number of sulfonamides is 1. The first-order valence-corrected chi connectivity index (χ1v) is 7.37. The highest BCUT2D eigenvalue weighted by Gasteiger charge is 2.25. The van der Waals surface area contributed by atoms with Gasteiger partial charge in [-0.3, -0.25) is 9.71 Å². The van der Waals surface area contributed by atoms with Gasteiger partial charge >= 0.3 is 0 Å². The van der Waals surface area contributed by atoms with E-state index in [9.17, 15) is 12.8 Å². The first kappa shape index (κ1) is 13.2. The summed E-state index contributed by atoms with van der Waals surface area (Å²) in [7, 11) is -3.52. The summed E-state index contributed by atoms with van der Waals surface area (Å²) in [5, 5.41) is 2.57. The van der Waals surface area contributed by atoms with Crippen LogP contribution in [-0.4, -0.2) is 31.2 Å². The van der Waals surface area contributed by atoms with Gasteiger partial charge in [-0.25, -0.2) is 12.8 Å². The van der Waals surface area contributed by atoms with Gasteiger partial charge in [0.1, 0.15) is 5.82 Å². The molecule has 0 aromatic carbocycles. The van der Waals surface area contributed by atoms with Crippen LogP contribution < -0.4 is 10.0 Å². The Balaban J connectivity index is 1.96. The minimum Gasteiger partial charge on any atom is -0.313 e. The zero-order valence-electron chi connectivity index (χ0n) is 10.1. The molecule has 18 heavy (non-hydrogen) atoms. The van der Waals surface area contributed by atoms with E-state index in [2.05, 4.69) is 15.0 Å². The van der Waals surface area contributed by atoms with Gasteiger partial charge in [0.25, 0.3) is 0 Å². The van der Waals surface area contributed by atoms with Crippen LogP contribution >= 0.6 is 0 Å². The van der Waals surface area contributed by atoms with Crippen molar-refractivity contribution in [2.24, 2.45) is 0 Å². The van der Waals surface area contributed by atoms with Crippen LogP contribution in [0, 0.1) is 5.82 Å². The second-order valence-electron chi connectivity index (χ2n) is 4.53. The zero-order chi connectivity index (χ0) is 13.2. The van der Waals surface area contributed by atoms with Gasteiger partial charge in [0.05, 0.1) is 23.3 Å². The fourth-order valence-electron chi connectivity index (χ4n) is 1.46. The molecule has 7 heteroatoms. The maximum Gasteiger partial charge on any atom is 0.236 e.